The minimum absolute atomic E-state index is 0.0307. The van der Waals surface area contributed by atoms with E-state index in [0.29, 0.717) is 5.69 Å². The predicted molar refractivity (Wildman–Crippen MR) is 71.8 cm³/mol. The molecule has 2 rings (SSSR count). The van der Waals surface area contributed by atoms with Crippen molar-refractivity contribution < 1.29 is 21.9 Å². The standard InChI is InChI=1S/C12H13F2N3O3S/c1-8-11(7-17(2)15-8)21(18,19)16-9-5-3-4-6-10(9)20-12(13)14/h3-7,12,16H,1-2H3. The molecule has 114 valence electrons. The van der Waals surface area contributed by atoms with Crippen molar-refractivity contribution in [1.82, 2.24) is 9.78 Å². The van der Waals surface area contributed by atoms with Gasteiger partial charge in [-0.3, -0.25) is 9.40 Å². The van der Waals surface area contributed by atoms with Crippen molar-refractivity contribution in [3.63, 3.8) is 0 Å². The fraction of sp³-hybridized carbons (Fsp3) is 0.250. The number of hydrogen-bond donors (Lipinski definition) is 1. The number of aryl methyl sites for hydroxylation is 2. The summed E-state index contributed by atoms with van der Waals surface area (Å²) in [5.41, 5.74) is 0.235. The van der Waals surface area contributed by atoms with E-state index >= 15 is 0 Å². The fourth-order valence-electron chi connectivity index (χ4n) is 1.79. The highest BCUT2D eigenvalue weighted by atomic mass is 32.2. The first-order valence-corrected chi connectivity index (χ1v) is 7.35. The number of aromatic nitrogens is 2. The summed E-state index contributed by atoms with van der Waals surface area (Å²) in [7, 11) is -2.36. The highest BCUT2D eigenvalue weighted by Crippen LogP contribution is 2.28. The van der Waals surface area contributed by atoms with Crippen LogP contribution in [0.5, 0.6) is 5.75 Å². The van der Waals surface area contributed by atoms with Crippen molar-refractivity contribution in [1.29, 1.82) is 0 Å². The normalized spacial score (nSPS) is 11.7. The Bertz CT molecular complexity index is 744. The maximum Gasteiger partial charge on any atom is 0.387 e. The molecule has 1 heterocycles. The Morgan fingerprint density at radius 3 is 2.57 bits per heavy atom. The van der Waals surface area contributed by atoms with Crippen LogP contribution < -0.4 is 9.46 Å². The van der Waals surface area contributed by atoms with Gasteiger partial charge in [-0.25, -0.2) is 8.42 Å². The van der Waals surface area contributed by atoms with Crippen molar-refractivity contribution in [2.24, 2.45) is 7.05 Å². The van der Waals surface area contributed by atoms with Crippen LogP contribution in [0, 0.1) is 6.92 Å². The van der Waals surface area contributed by atoms with Gasteiger partial charge in [0, 0.05) is 13.2 Å². The topological polar surface area (TPSA) is 73.2 Å². The number of nitrogens with zero attached hydrogens (tertiary/aromatic N) is 2. The van der Waals surface area contributed by atoms with E-state index in [0.717, 1.165) is 0 Å². The van der Waals surface area contributed by atoms with Crippen molar-refractivity contribution in [3.8, 4) is 5.75 Å². The first-order chi connectivity index (χ1) is 9.79. The molecule has 9 heteroatoms. The van der Waals surface area contributed by atoms with Gasteiger partial charge in [0.1, 0.15) is 10.6 Å². The summed E-state index contributed by atoms with van der Waals surface area (Å²) in [4.78, 5) is -0.0307. The Balaban J connectivity index is 2.35. The quantitative estimate of drug-likeness (QED) is 0.917. The van der Waals surface area contributed by atoms with E-state index in [4.69, 9.17) is 0 Å². The van der Waals surface area contributed by atoms with Crippen LogP contribution in [0.15, 0.2) is 35.4 Å². The zero-order valence-corrected chi connectivity index (χ0v) is 12.1. The number of halogens is 2. The van der Waals surface area contributed by atoms with Crippen molar-refractivity contribution in [2.75, 3.05) is 4.72 Å². The lowest BCUT2D eigenvalue weighted by atomic mass is 10.3. The molecular formula is C12H13F2N3O3S. The van der Waals surface area contributed by atoms with Crippen LogP contribution in [0.3, 0.4) is 0 Å². The van der Waals surface area contributed by atoms with Crippen LogP contribution in [0.4, 0.5) is 14.5 Å². The molecule has 0 aliphatic heterocycles. The summed E-state index contributed by atoms with van der Waals surface area (Å²) in [6.45, 7) is -1.51. The zero-order valence-electron chi connectivity index (χ0n) is 11.2. The lowest BCUT2D eigenvalue weighted by Gasteiger charge is -2.12. The number of sulfonamides is 1. The number of benzene rings is 1. The molecular weight excluding hydrogens is 304 g/mol. The Labute approximate surface area is 120 Å². The van der Waals surface area contributed by atoms with E-state index in [-0.39, 0.29) is 16.3 Å². The fourth-order valence-corrected chi connectivity index (χ4v) is 3.08. The van der Waals surface area contributed by atoms with Gasteiger partial charge in [0.2, 0.25) is 0 Å². The maximum atomic E-state index is 12.3. The Kier molecular flexibility index (Phi) is 4.12. The van der Waals surface area contributed by atoms with Crippen molar-refractivity contribution in [3.05, 3.63) is 36.2 Å². The van der Waals surface area contributed by atoms with Crippen LogP contribution in [0.25, 0.3) is 0 Å². The van der Waals surface area contributed by atoms with Crippen LogP contribution >= 0.6 is 0 Å². The molecule has 0 atom stereocenters. The molecule has 0 aliphatic rings. The number of rotatable bonds is 5. The van der Waals surface area contributed by atoms with Gasteiger partial charge in [-0.1, -0.05) is 12.1 Å². The van der Waals surface area contributed by atoms with Crippen LogP contribution in [-0.2, 0) is 17.1 Å². The van der Waals surface area contributed by atoms with E-state index in [1.54, 1.807) is 7.05 Å². The van der Waals surface area contributed by atoms with E-state index in [1.165, 1.54) is 42.1 Å². The highest BCUT2D eigenvalue weighted by Gasteiger charge is 2.22. The molecule has 0 bridgehead atoms. The molecule has 1 aromatic heterocycles. The molecule has 0 spiro atoms. The third-order valence-electron chi connectivity index (χ3n) is 2.61. The molecule has 0 aliphatic carbocycles. The minimum atomic E-state index is -3.94. The largest absolute Gasteiger partial charge is 0.433 e. The molecule has 0 unspecified atom stereocenters. The second kappa shape index (κ2) is 5.68. The maximum absolute atomic E-state index is 12.3. The number of anilines is 1. The molecule has 0 amide bonds. The van der Waals surface area contributed by atoms with Gasteiger partial charge in [-0.15, -0.1) is 0 Å². The van der Waals surface area contributed by atoms with Crippen LogP contribution in [0.2, 0.25) is 0 Å². The highest BCUT2D eigenvalue weighted by molar-refractivity contribution is 7.92. The van der Waals surface area contributed by atoms with Gasteiger partial charge in [-0.2, -0.15) is 13.9 Å². The molecule has 0 saturated heterocycles. The Morgan fingerprint density at radius 1 is 1.33 bits per heavy atom. The average Bonchev–Trinajstić information content (AvgIpc) is 2.71. The predicted octanol–water partition coefficient (Wildman–Crippen LogP) is 2.13. The van der Waals surface area contributed by atoms with Crippen molar-refractivity contribution >= 4 is 15.7 Å². The number of nitrogens with one attached hydrogen (secondary N) is 1. The van der Waals surface area contributed by atoms with Crippen molar-refractivity contribution in [2.45, 2.75) is 18.4 Å². The van der Waals surface area contributed by atoms with Crippen LogP contribution in [-0.4, -0.2) is 24.8 Å². The molecule has 0 saturated carbocycles. The molecule has 21 heavy (non-hydrogen) atoms. The third kappa shape index (κ3) is 3.48. The number of ether oxygens (including phenoxy) is 1. The zero-order chi connectivity index (χ0) is 15.6. The Hall–Kier alpha value is -2.16. The van der Waals surface area contributed by atoms with Gasteiger partial charge in [0.15, 0.2) is 0 Å². The summed E-state index contributed by atoms with van der Waals surface area (Å²) in [5, 5.41) is 3.94. The van der Waals surface area contributed by atoms with E-state index in [1.807, 2.05) is 0 Å². The van der Waals surface area contributed by atoms with Gasteiger partial charge in [0.25, 0.3) is 10.0 Å². The lowest BCUT2D eigenvalue weighted by molar-refractivity contribution is -0.0493. The van der Waals surface area contributed by atoms with Gasteiger partial charge < -0.3 is 4.74 Å². The summed E-state index contributed by atoms with van der Waals surface area (Å²) in [6.07, 6.45) is 1.33. The monoisotopic (exact) mass is 317 g/mol. The molecule has 0 radical (unpaired) electrons. The minimum Gasteiger partial charge on any atom is -0.433 e. The summed E-state index contributed by atoms with van der Waals surface area (Å²) < 4.78 is 57.0. The Morgan fingerprint density at radius 2 is 2.00 bits per heavy atom. The summed E-state index contributed by atoms with van der Waals surface area (Å²) in [6, 6.07) is 5.55. The number of para-hydroxylation sites is 2. The van der Waals surface area contributed by atoms with Crippen LogP contribution in [0.1, 0.15) is 5.69 Å². The average molecular weight is 317 g/mol. The first-order valence-electron chi connectivity index (χ1n) is 5.86. The number of hydrogen-bond acceptors (Lipinski definition) is 4. The van der Waals surface area contributed by atoms with Gasteiger partial charge in [0.05, 0.1) is 11.4 Å². The molecule has 1 aromatic carbocycles. The molecule has 2 aromatic rings. The van der Waals surface area contributed by atoms with E-state index in [9.17, 15) is 17.2 Å². The molecule has 0 fully saturated rings. The second-order valence-electron chi connectivity index (χ2n) is 4.23. The lowest BCUT2D eigenvalue weighted by Crippen LogP contribution is -2.15. The second-order valence-corrected chi connectivity index (χ2v) is 5.88. The SMILES string of the molecule is Cc1nn(C)cc1S(=O)(=O)Nc1ccccc1OC(F)F. The van der Waals surface area contributed by atoms with Gasteiger partial charge in [-0.05, 0) is 19.1 Å². The smallest absolute Gasteiger partial charge is 0.387 e. The van der Waals surface area contributed by atoms with Gasteiger partial charge >= 0.3 is 6.61 Å². The third-order valence-corrected chi connectivity index (χ3v) is 4.07. The first kappa shape index (κ1) is 15.2. The molecule has 6 nitrogen and oxygen atoms in total. The van der Waals surface area contributed by atoms with E-state index in [2.05, 4.69) is 14.6 Å². The summed E-state index contributed by atoms with van der Waals surface area (Å²) >= 11 is 0. The molecule has 1 N–H and O–H groups in total. The van der Waals surface area contributed by atoms with E-state index < -0.39 is 16.6 Å². The summed E-state index contributed by atoms with van der Waals surface area (Å²) in [5.74, 6) is -0.252. The number of alkyl halides is 2.